The summed E-state index contributed by atoms with van der Waals surface area (Å²) >= 11 is 0. The number of benzene rings is 2. The zero-order valence-corrected chi connectivity index (χ0v) is 17.3. The Balaban J connectivity index is 1.51. The number of fused-ring (bicyclic) bond motifs is 1. The fourth-order valence-electron chi connectivity index (χ4n) is 3.04. The van der Waals surface area contributed by atoms with Gasteiger partial charge in [-0.3, -0.25) is 4.99 Å². The van der Waals surface area contributed by atoms with Gasteiger partial charge in [-0.15, -0.1) is 0 Å². The first-order valence-electron chi connectivity index (χ1n) is 9.83. The van der Waals surface area contributed by atoms with Crippen LogP contribution in [0.4, 0.5) is 0 Å². The minimum atomic E-state index is 0.525. The Bertz CT molecular complexity index is 916. The van der Waals surface area contributed by atoms with Gasteiger partial charge in [0.2, 0.25) is 0 Å². The molecule has 0 radical (unpaired) electrons. The molecular formula is C23H29N3O3. The lowest BCUT2D eigenvalue weighted by Gasteiger charge is -2.15. The van der Waals surface area contributed by atoms with Crippen LogP contribution in [0.2, 0.25) is 0 Å². The average Bonchev–Trinajstić information content (AvgIpc) is 3.14. The standard InChI is InChI=1S/C23H29N3O3/c1-17-8-9-19(22(14-17)28-13-12-27-3)16-26-23(24-2)25-11-10-20-15-18-6-4-5-7-21(18)29-20/h4-9,14-15H,10-13,16H2,1-3H3,(H2,24,25,26). The van der Waals surface area contributed by atoms with Gasteiger partial charge in [0.05, 0.1) is 6.61 Å². The van der Waals surface area contributed by atoms with E-state index in [0.29, 0.717) is 19.8 Å². The van der Waals surface area contributed by atoms with Crippen molar-refractivity contribution in [2.45, 2.75) is 19.9 Å². The van der Waals surface area contributed by atoms with Crippen molar-refractivity contribution in [1.29, 1.82) is 0 Å². The van der Waals surface area contributed by atoms with Crippen LogP contribution in [0.15, 0.2) is 57.9 Å². The van der Waals surface area contributed by atoms with Crippen LogP contribution in [-0.4, -0.2) is 39.9 Å². The van der Waals surface area contributed by atoms with Crippen LogP contribution in [0.3, 0.4) is 0 Å². The summed E-state index contributed by atoms with van der Waals surface area (Å²) in [6, 6.07) is 16.3. The van der Waals surface area contributed by atoms with Crippen molar-refractivity contribution in [3.8, 4) is 5.75 Å². The summed E-state index contributed by atoms with van der Waals surface area (Å²) < 4.78 is 16.8. The Morgan fingerprint density at radius 2 is 1.93 bits per heavy atom. The third-order valence-corrected chi connectivity index (χ3v) is 4.58. The molecule has 0 saturated heterocycles. The molecule has 1 heterocycles. The topological polar surface area (TPSA) is 68.0 Å². The van der Waals surface area contributed by atoms with E-state index in [9.17, 15) is 0 Å². The summed E-state index contributed by atoms with van der Waals surface area (Å²) in [7, 11) is 3.44. The van der Waals surface area contributed by atoms with Crippen LogP contribution in [0, 0.1) is 6.92 Å². The number of aryl methyl sites for hydroxylation is 1. The normalized spacial score (nSPS) is 11.6. The lowest BCUT2D eigenvalue weighted by Crippen LogP contribution is -2.37. The maximum Gasteiger partial charge on any atom is 0.191 e. The van der Waals surface area contributed by atoms with Gasteiger partial charge in [-0.05, 0) is 30.7 Å². The van der Waals surface area contributed by atoms with E-state index in [2.05, 4.69) is 46.8 Å². The highest BCUT2D eigenvalue weighted by Gasteiger charge is 2.07. The number of methoxy groups -OCH3 is 1. The summed E-state index contributed by atoms with van der Waals surface area (Å²) in [5, 5.41) is 7.81. The molecule has 0 saturated carbocycles. The number of aliphatic imine (C=N–C) groups is 1. The second kappa shape index (κ2) is 10.5. The zero-order valence-electron chi connectivity index (χ0n) is 17.3. The van der Waals surface area contributed by atoms with Crippen molar-refractivity contribution in [3.63, 3.8) is 0 Å². The predicted octanol–water partition coefficient (Wildman–Crippen LogP) is 3.67. The molecule has 1 aromatic heterocycles. The summed E-state index contributed by atoms with van der Waals surface area (Å²) in [5.74, 6) is 2.57. The maximum absolute atomic E-state index is 5.86. The maximum atomic E-state index is 5.86. The Labute approximate surface area is 171 Å². The van der Waals surface area contributed by atoms with Crippen LogP contribution in [-0.2, 0) is 17.7 Å². The molecule has 0 fully saturated rings. The van der Waals surface area contributed by atoms with E-state index >= 15 is 0 Å². The summed E-state index contributed by atoms with van der Waals surface area (Å²) in [6.07, 6.45) is 0.783. The van der Waals surface area contributed by atoms with Crippen molar-refractivity contribution in [3.05, 3.63) is 65.4 Å². The molecule has 0 spiro atoms. The van der Waals surface area contributed by atoms with Gasteiger partial charge < -0.3 is 24.5 Å². The molecule has 0 aliphatic rings. The Hall–Kier alpha value is -2.99. The van der Waals surface area contributed by atoms with Gasteiger partial charge in [-0.2, -0.15) is 0 Å². The fourth-order valence-corrected chi connectivity index (χ4v) is 3.04. The fraction of sp³-hybridized carbons (Fsp3) is 0.348. The molecule has 29 heavy (non-hydrogen) atoms. The number of rotatable bonds is 9. The van der Waals surface area contributed by atoms with Gasteiger partial charge in [0, 0.05) is 44.6 Å². The van der Waals surface area contributed by atoms with Gasteiger partial charge in [0.15, 0.2) is 5.96 Å². The molecule has 3 aromatic rings. The first kappa shape index (κ1) is 20.7. The van der Waals surface area contributed by atoms with Gasteiger partial charge in [-0.1, -0.05) is 30.3 Å². The summed E-state index contributed by atoms with van der Waals surface area (Å²) in [5.41, 5.74) is 3.16. The Kier molecular flexibility index (Phi) is 7.53. The molecule has 154 valence electrons. The van der Waals surface area contributed by atoms with Crippen LogP contribution in [0.5, 0.6) is 5.75 Å². The van der Waals surface area contributed by atoms with E-state index < -0.39 is 0 Å². The molecule has 2 N–H and O–H groups in total. The highest BCUT2D eigenvalue weighted by Crippen LogP contribution is 2.20. The number of ether oxygens (including phenoxy) is 2. The molecule has 6 nitrogen and oxygen atoms in total. The van der Waals surface area contributed by atoms with Crippen molar-refractivity contribution < 1.29 is 13.9 Å². The molecule has 2 aromatic carbocycles. The van der Waals surface area contributed by atoms with Crippen molar-refractivity contribution in [1.82, 2.24) is 10.6 Å². The molecule has 0 bridgehead atoms. The predicted molar refractivity (Wildman–Crippen MR) is 117 cm³/mol. The third kappa shape index (κ3) is 5.99. The van der Waals surface area contributed by atoms with Gasteiger partial charge >= 0.3 is 0 Å². The van der Waals surface area contributed by atoms with E-state index in [1.807, 2.05) is 24.3 Å². The number of nitrogens with zero attached hydrogens (tertiary/aromatic N) is 1. The molecule has 0 amide bonds. The molecule has 0 aliphatic heterocycles. The van der Waals surface area contributed by atoms with Crippen LogP contribution < -0.4 is 15.4 Å². The second-order valence-electron chi connectivity index (χ2n) is 6.81. The Morgan fingerprint density at radius 3 is 2.72 bits per heavy atom. The highest BCUT2D eigenvalue weighted by molar-refractivity contribution is 5.80. The van der Waals surface area contributed by atoms with Crippen LogP contribution in [0.1, 0.15) is 16.9 Å². The van der Waals surface area contributed by atoms with E-state index in [4.69, 9.17) is 13.9 Å². The van der Waals surface area contributed by atoms with Crippen molar-refractivity contribution >= 4 is 16.9 Å². The van der Waals surface area contributed by atoms with Gasteiger partial charge in [0.1, 0.15) is 23.7 Å². The molecule has 3 rings (SSSR count). The minimum Gasteiger partial charge on any atom is -0.491 e. The molecule has 0 aliphatic carbocycles. The van der Waals surface area contributed by atoms with E-state index in [-0.39, 0.29) is 0 Å². The molecule has 6 heteroatoms. The number of hydrogen-bond acceptors (Lipinski definition) is 4. The van der Waals surface area contributed by atoms with Gasteiger partial charge in [-0.25, -0.2) is 0 Å². The summed E-state index contributed by atoms with van der Waals surface area (Å²) in [4.78, 5) is 4.30. The third-order valence-electron chi connectivity index (χ3n) is 4.58. The number of nitrogens with one attached hydrogen (secondary N) is 2. The van der Waals surface area contributed by atoms with E-state index in [0.717, 1.165) is 52.5 Å². The first-order valence-corrected chi connectivity index (χ1v) is 9.83. The van der Waals surface area contributed by atoms with Crippen molar-refractivity contribution in [2.75, 3.05) is 33.9 Å². The lowest BCUT2D eigenvalue weighted by molar-refractivity contribution is 0.145. The smallest absolute Gasteiger partial charge is 0.191 e. The largest absolute Gasteiger partial charge is 0.491 e. The Morgan fingerprint density at radius 1 is 1.07 bits per heavy atom. The zero-order chi connectivity index (χ0) is 20.5. The molecule has 0 unspecified atom stereocenters. The second-order valence-corrected chi connectivity index (χ2v) is 6.81. The van der Waals surface area contributed by atoms with Crippen molar-refractivity contribution in [2.24, 2.45) is 4.99 Å². The number of guanidine groups is 1. The molecular weight excluding hydrogens is 366 g/mol. The van der Waals surface area contributed by atoms with Crippen LogP contribution >= 0.6 is 0 Å². The van der Waals surface area contributed by atoms with E-state index in [1.165, 1.54) is 0 Å². The number of furan rings is 1. The van der Waals surface area contributed by atoms with E-state index in [1.54, 1.807) is 14.2 Å². The average molecular weight is 396 g/mol. The molecule has 0 atom stereocenters. The SMILES string of the molecule is CN=C(NCCc1cc2ccccc2o1)NCc1ccc(C)cc1OCCOC. The monoisotopic (exact) mass is 395 g/mol. The minimum absolute atomic E-state index is 0.525. The quantitative estimate of drug-likeness (QED) is 0.329. The lowest BCUT2D eigenvalue weighted by atomic mass is 10.1. The summed E-state index contributed by atoms with van der Waals surface area (Å²) in [6.45, 7) is 4.49. The highest BCUT2D eigenvalue weighted by atomic mass is 16.5. The first-order chi connectivity index (χ1) is 14.2. The number of hydrogen-bond donors (Lipinski definition) is 2. The van der Waals surface area contributed by atoms with Gasteiger partial charge in [0.25, 0.3) is 0 Å². The van der Waals surface area contributed by atoms with Crippen LogP contribution in [0.25, 0.3) is 11.0 Å². The number of para-hydroxylation sites is 1.